The van der Waals surface area contributed by atoms with Gasteiger partial charge in [0.15, 0.2) is 0 Å². The van der Waals surface area contributed by atoms with Crippen LogP contribution in [0.3, 0.4) is 0 Å². The predicted octanol–water partition coefficient (Wildman–Crippen LogP) is 2.02. The van der Waals surface area contributed by atoms with Crippen molar-refractivity contribution in [3.05, 3.63) is 23.8 Å². The molecule has 0 aliphatic rings. The lowest BCUT2D eigenvalue weighted by Crippen LogP contribution is -2.04. The molecule has 0 heterocycles. The van der Waals surface area contributed by atoms with E-state index in [1.54, 1.807) is 21.1 Å². The van der Waals surface area contributed by atoms with Crippen molar-refractivity contribution in [3.63, 3.8) is 0 Å². The van der Waals surface area contributed by atoms with Crippen LogP contribution in [0.2, 0.25) is 0 Å². The molecule has 0 amide bonds. The average molecular weight is 210 g/mol. The van der Waals surface area contributed by atoms with Crippen molar-refractivity contribution in [2.45, 2.75) is 25.9 Å². The first kappa shape index (κ1) is 11.9. The van der Waals surface area contributed by atoms with Crippen molar-refractivity contribution in [1.82, 2.24) is 0 Å². The number of ether oxygens (including phenoxy) is 2. The molecule has 1 aromatic carbocycles. The Balaban J connectivity index is 2.89. The molecule has 15 heavy (non-hydrogen) atoms. The van der Waals surface area contributed by atoms with Crippen LogP contribution in [0, 0.1) is 0 Å². The van der Waals surface area contributed by atoms with Crippen LogP contribution in [0.15, 0.2) is 18.2 Å². The van der Waals surface area contributed by atoms with Crippen LogP contribution in [0.4, 0.5) is 0 Å². The van der Waals surface area contributed by atoms with E-state index in [1.165, 1.54) is 0 Å². The number of benzene rings is 1. The topological polar surface area (TPSA) is 38.7 Å². The highest BCUT2D eigenvalue weighted by molar-refractivity contribution is 5.44. The zero-order valence-electron chi connectivity index (χ0n) is 9.49. The Morgan fingerprint density at radius 3 is 2.13 bits per heavy atom. The minimum atomic E-state index is -0.306. The van der Waals surface area contributed by atoms with E-state index in [-0.39, 0.29) is 6.10 Å². The maximum atomic E-state index is 9.26. The fraction of sp³-hybridized carbons (Fsp3) is 0.500. The molecule has 0 saturated heterocycles. The summed E-state index contributed by atoms with van der Waals surface area (Å²) in [7, 11) is 3.28. The van der Waals surface area contributed by atoms with Crippen molar-refractivity contribution in [2.24, 2.45) is 0 Å². The minimum absolute atomic E-state index is 0.306. The van der Waals surface area contributed by atoms with E-state index >= 15 is 0 Å². The van der Waals surface area contributed by atoms with E-state index in [2.05, 4.69) is 0 Å². The van der Waals surface area contributed by atoms with Gasteiger partial charge in [0.1, 0.15) is 11.5 Å². The number of aliphatic hydroxyl groups excluding tert-OH is 1. The van der Waals surface area contributed by atoms with Gasteiger partial charge < -0.3 is 14.6 Å². The van der Waals surface area contributed by atoms with Crippen LogP contribution >= 0.6 is 0 Å². The normalized spacial score (nSPS) is 12.3. The fourth-order valence-electron chi connectivity index (χ4n) is 1.53. The van der Waals surface area contributed by atoms with Crippen LogP contribution < -0.4 is 9.47 Å². The molecule has 3 nitrogen and oxygen atoms in total. The van der Waals surface area contributed by atoms with E-state index in [0.717, 1.165) is 23.5 Å². The Bertz CT molecular complexity index is 285. The van der Waals surface area contributed by atoms with Crippen LogP contribution in [-0.4, -0.2) is 25.4 Å². The largest absolute Gasteiger partial charge is 0.496 e. The van der Waals surface area contributed by atoms with E-state index in [0.29, 0.717) is 6.42 Å². The molecule has 0 saturated carbocycles. The van der Waals surface area contributed by atoms with Gasteiger partial charge in [0, 0.05) is 5.56 Å². The van der Waals surface area contributed by atoms with Crippen LogP contribution in [0.1, 0.15) is 18.9 Å². The predicted molar refractivity (Wildman–Crippen MR) is 59.5 cm³/mol. The van der Waals surface area contributed by atoms with Gasteiger partial charge in [0.05, 0.1) is 20.3 Å². The highest BCUT2D eigenvalue weighted by Crippen LogP contribution is 2.29. The Labute approximate surface area is 90.6 Å². The van der Waals surface area contributed by atoms with Gasteiger partial charge in [0.25, 0.3) is 0 Å². The molecule has 0 spiro atoms. The summed E-state index contributed by atoms with van der Waals surface area (Å²) in [5, 5.41) is 9.26. The number of rotatable bonds is 5. The standard InChI is InChI=1S/C12H18O3/c1-9(13)7-8-10-11(14-2)5-4-6-12(10)15-3/h4-6,9,13H,7-8H2,1-3H3/t9-/m1/s1. The van der Waals surface area contributed by atoms with Gasteiger partial charge >= 0.3 is 0 Å². The van der Waals surface area contributed by atoms with Gasteiger partial charge in [-0.3, -0.25) is 0 Å². The second kappa shape index (κ2) is 5.61. The van der Waals surface area contributed by atoms with Crippen molar-refractivity contribution in [2.75, 3.05) is 14.2 Å². The summed E-state index contributed by atoms with van der Waals surface area (Å²) in [5.74, 6) is 1.63. The second-order valence-electron chi connectivity index (χ2n) is 3.53. The van der Waals surface area contributed by atoms with Crippen LogP contribution in [-0.2, 0) is 6.42 Å². The zero-order valence-corrected chi connectivity index (χ0v) is 9.49. The third-order valence-electron chi connectivity index (χ3n) is 2.34. The molecule has 1 N–H and O–H groups in total. The third kappa shape index (κ3) is 3.13. The van der Waals surface area contributed by atoms with Crippen LogP contribution in [0.25, 0.3) is 0 Å². The van der Waals surface area contributed by atoms with Crippen molar-refractivity contribution < 1.29 is 14.6 Å². The molecule has 0 unspecified atom stereocenters. The van der Waals surface area contributed by atoms with E-state index in [1.807, 2.05) is 18.2 Å². The maximum Gasteiger partial charge on any atom is 0.125 e. The Hall–Kier alpha value is -1.22. The third-order valence-corrected chi connectivity index (χ3v) is 2.34. The first-order chi connectivity index (χ1) is 7.19. The highest BCUT2D eigenvalue weighted by Gasteiger charge is 2.10. The summed E-state index contributed by atoms with van der Waals surface area (Å²) in [4.78, 5) is 0. The number of methoxy groups -OCH3 is 2. The van der Waals surface area contributed by atoms with Gasteiger partial charge in [-0.05, 0) is 31.9 Å². The Morgan fingerprint density at radius 2 is 1.73 bits per heavy atom. The summed E-state index contributed by atoms with van der Waals surface area (Å²) >= 11 is 0. The molecule has 0 bridgehead atoms. The van der Waals surface area contributed by atoms with E-state index < -0.39 is 0 Å². The van der Waals surface area contributed by atoms with E-state index in [4.69, 9.17) is 9.47 Å². The summed E-state index contributed by atoms with van der Waals surface area (Å²) in [6.45, 7) is 1.78. The van der Waals surface area contributed by atoms with Crippen LogP contribution in [0.5, 0.6) is 11.5 Å². The fourth-order valence-corrected chi connectivity index (χ4v) is 1.53. The number of aliphatic hydroxyl groups is 1. The molecule has 1 atom stereocenters. The summed E-state index contributed by atoms with van der Waals surface area (Å²) in [5.41, 5.74) is 1.02. The monoisotopic (exact) mass is 210 g/mol. The summed E-state index contributed by atoms with van der Waals surface area (Å²) in [6.07, 6.45) is 1.15. The number of hydrogen-bond acceptors (Lipinski definition) is 3. The molecule has 0 fully saturated rings. The minimum Gasteiger partial charge on any atom is -0.496 e. The first-order valence-corrected chi connectivity index (χ1v) is 5.07. The van der Waals surface area contributed by atoms with Crippen molar-refractivity contribution in [3.8, 4) is 11.5 Å². The highest BCUT2D eigenvalue weighted by atomic mass is 16.5. The Kier molecular flexibility index (Phi) is 4.43. The van der Waals surface area contributed by atoms with E-state index in [9.17, 15) is 5.11 Å². The lowest BCUT2D eigenvalue weighted by Gasteiger charge is -2.13. The molecule has 0 radical (unpaired) electrons. The quantitative estimate of drug-likeness (QED) is 0.808. The summed E-state index contributed by atoms with van der Waals surface area (Å²) in [6, 6.07) is 5.70. The molecule has 84 valence electrons. The zero-order chi connectivity index (χ0) is 11.3. The lowest BCUT2D eigenvalue weighted by molar-refractivity contribution is 0.184. The smallest absolute Gasteiger partial charge is 0.125 e. The molecule has 3 heteroatoms. The first-order valence-electron chi connectivity index (χ1n) is 5.07. The second-order valence-corrected chi connectivity index (χ2v) is 3.53. The molecule has 0 aromatic heterocycles. The Morgan fingerprint density at radius 1 is 1.20 bits per heavy atom. The molecule has 0 aliphatic carbocycles. The average Bonchev–Trinajstić information content (AvgIpc) is 2.25. The molecular formula is C12H18O3. The van der Waals surface area contributed by atoms with Crippen molar-refractivity contribution >= 4 is 0 Å². The lowest BCUT2D eigenvalue weighted by atomic mass is 10.1. The summed E-state index contributed by atoms with van der Waals surface area (Å²) < 4.78 is 10.5. The molecule has 1 rings (SSSR count). The van der Waals surface area contributed by atoms with Gasteiger partial charge in [-0.1, -0.05) is 6.07 Å². The molecular weight excluding hydrogens is 192 g/mol. The van der Waals surface area contributed by atoms with Gasteiger partial charge in [0.2, 0.25) is 0 Å². The van der Waals surface area contributed by atoms with Gasteiger partial charge in [-0.15, -0.1) is 0 Å². The van der Waals surface area contributed by atoms with Gasteiger partial charge in [-0.25, -0.2) is 0 Å². The van der Waals surface area contributed by atoms with Gasteiger partial charge in [-0.2, -0.15) is 0 Å². The molecule has 0 aliphatic heterocycles. The maximum absolute atomic E-state index is 9.26. The SMILES string of the molecule is COc1cccc(OC)c1CC[C@@H](C)O. The molecule has 1 aromatic rings. The van der Waals surface area contributed by atoms with Crippen molar-refractivity contribution in [1.29, 1.82) is 0 Å². The number of hydrogen-bond donors (Lipinski definition) is 1.